The zero-order chi connectivity index (χ0) is 11.7. The molecule has 2 aromatic heterocycles. The van der Waals surface area contributed by atoms with Crippen molar-refractivity contribution in [2.45, 2.75) is 0 Å². The Morgan fingerprint density at radius 1 is 1.56 bits per heavy atom. The van der Waals surface area contributed by atoms with E-state index >= 15 is 0 Å². The number of carbonyl (C=O) groups is 1. The standard InChI is InChI=1S/C5H2FN7O3/c6-3-9-4(13(15)16)10-12(3)5(14)11-2-7-1-8-11/h1-2H. The Kier molecular flexibility index (Phi) is 2.12. The van der Waals surface area contributed by atoms with Crippen molar-refractivity contribution in [1.29, 1.82) is 0 Å². The van der Waals surface area contributed by atoms with Crippen molar-refractivity contribution in [3.05, 3.63) is 28.8 Å². The lowest BCUT2D eigenvalue weighted by Gasteiger charge is -1.92. The molecule has 0 atom stereocenters. The highest BCUT2D eigenvalue weighted by Crippen LogP contribution is 2.04. The van der Waals surface area contributed by atoms with E-state index < -0.39 is 23.0 Å². The second-order valence-electron chi connectivity index (χ2n) is 2.47. The van der Waals surface area contributed by atoms with Crippen LogP contribution in [0.5, 0.6) is 0 Å². The Hall–Kier alpha value is -2.72. The van der Waals surface area contributed by atoms with Crippen molar-refractivity contribution in [3.8, 4) is 0 Å². The normalized spacial score (nSPS) is 10.3. The molecule has 0 bridgehead atoms. The molecule has 0 aliphatic carbocycles. The molecule has 16 heavy (non-hydrogen) atoms. The second-order valence-corrected chi connectivity index (χ2v) is 2.47. The minimum absolute atomic E-state index is 0.118. The van der Waals surface area contributed by atoms with Crippen LogP contribution < -0.4 is 0 Å². The molecule has 11 heteroatoms. The van der Waals surface area contributed by atoms with Crippen molar-refractivity contribution >= 4 is 12.0 Å². The summed E-state index contributed by atoms with van der Waals surface area (Å²) in [4.78, 5) is 26.9. The number of hydrogen-bond donors (Lipinski definition) is 0. The third kappa shape index (κ3) is 1.49. The number of rotatable bonds is 1. The van der Waals surface area contributed by atoms with Gasteiger partial charge in [0.05, 0.1) is 0 Å². The molecule has 2 heterocycles. The molecule has 0 saturated carbocycles. The van der Waals surface area contributed by atoms with Crippen LogP contribution in [0.4, 0.5) is 15.1 Å². The number of aromatic nitrogens is 6. The summed E-state index contributed by atoms with van der Waals surface area (Å²) >= 11 is 0. The minimum Gasteiger partial charge on any atom is -0.390 e. The number of nitrogens with zero attached hydrogens (tertiary/aromatic N) is 7. The van der Waals surface area contributed by atoms with Crippen molar-refractivity contribution in [2.75, 3.05) is 0 Å². The number of nitro groups is 1. The van der Waals surface area contributed by atoms with Gasteiger partial charge in [-0.25, -0.2) is 9.78 Å². The molecule has 0 amide bonds. The highest BCUT2D eigenvalue weighted by Gasteiger charge is 2.27. The molecular formula is C5H2FN7O3. The van der Waals surface area contributed by atoms with Gasteiger partial charge in [0.15, 0.2) is 0 Å². The van der Waals surface area contributed by atoms with Gasteiger partial charge >= 0.3 is 18.1 Å². The summed E-state index contributed by atoms with van der Waals surface area (Å²) in [6, 6.07) is -1.06. The Labute approximate surface area is 85.5 Å². The first kappa shape index (κ1) is 9.82. The minimum atomic E-state index is -1.40. The van der Waals surface area contributed by atoms with Crippen molar-refractivity contribution in [3.63, 3.8) is 0 Å². The average Bonchev–Trinajstić information content (AvgIpc) is 2.84. The lowest BCUT2D eigenvalue weighted by atomic mass is 10.9. The Morgan fingerprint density at radius 3 is 2.81 bits per heavy atom. The highest BCUT2D eigenvalue weighted by molar-refractivity contribution is 5.77. The lowest BCUT2D eigenvalue weighted by molar-refractivity contribution is -0.394. The van der Waals surface area contributed by atoms with E-state index in [1.54, 1.807) is 0 Å². The van der Waals surface area contributed by atoms with Gasteiger partial charge in [0.1, 0.15) is 12.7 Å². The van der Waals surface area contributed by atoms with E-state index in [0.717, 1.165) is 12.7 Å². The van der Waals surface area contributed by atoms with Gasteiger partial charge in [0.2, 0.25) is 0 Å². The fourth-order valence-electron chi connectivity index (χ4n) is 0.886. The van der Waals surface area contributed by atoms with Gasteiger partial charge < -0.3 is 10.1 Å². The van der Waals surface area contributed by atoms with E-state index in [-0.39, 0.29) is 4.68 Å². The van der Waals surface area contributed by atoms with Gasteiger partial charge in [-0.2, -0.15) is 9.78 Å². The van der Waals surface area contributed by atoms with Crippen LogP contribution in [-0.4, -0.2) is 40.5 Å². The summed E-state index contributed by atoms with van der Waals surface area (Å²) in [5, 5.41) is 16.7. The van der Waals surface area contributed by atoms with Crippen LogP contribution in [0.25, 0.3) is 0 Å². The van der Waals surface area contributed by atoms with E-state index in [1.807, 2.05) is 0 Å². The first-order valence-electron chi connectivity index (χ1n) is 3.76. The smallest absolute Gasteiger partial charge is 0.390 e. The molecule has 0 unspecified atom stereocenters. The molecule has 0 N–H and O–H groups in total. The Bertz CT molecular complexity index is 546. The predicted octanol–water partition coefficient (Wildman–Crippen LogP) is -0.567. The van der Waals surface area contributed by atoms with Crippen molar-refractivity contribution in [1.82, 2.24) is 29.5 Å². The summed E-state index contributed by atoms with van der Waals surface area (Å²) in [5.74, 6) is -1.01. The zero-order valence-electron chi connectivity index (χ0n) is 7.39. The van der Waals surface area contributed by atoms with Gasteiger partial charge in [-0.05, 0) is 14.6 Å². The maximum absolute atomic E-state index is 13.0. The second kappa shape index (κ2) is 3.45. The van der Waals surface area contributed by atoms with Gasteiger partial charge in [-0.1, -0.05) is 0 Å². The van der Waals surface area contributed by atoms with Gasteiger partial charge in [0.25, 0.3) is 0 Å². The third-order valence-electron chi connectivity index (χ3n) is 1.52. The largest absolute Gasteiger partial charge is 0.494 e. The number of carbonyl (C=O) groups excluding carboxylic acids is 1. The summed E-state index contributed by atoms with van der Waals surface area (Å²) < 4.78 is 13.8. The van der Waals surface area contributed by atoms with E-state index in [2.05, 4.69) is 20.2 Å². The molecule has 2 aromatic rings. The molecule has 82 valence electrons. The van der Waals surface area contributed by atoms with Crippen LogP contribution in [-0.2, 0) is 0 Å². The molecule has 0 radical (unpaired) electrons. The molecule has 2 rings (SSSR count). The van der Waals surface area contributed by atoms with E-state index in [4.69, 9.17) is 0 Å². The SMILES string of the molecule is O=C(n1cncn1)n1nc([N+](=O)[O-])nc1F. The number of halogens is 1. The van der Waals surface area contributed by atoms with E-state index in [9.17, 15) is 19.3 Å². The number of hydrogen-bond acceptors (Lipinski definition) is 7. The van der Waals surface area contributed by atoms with Gasteiger partial charge in [0, 0.05) is 5.10 Å². The molecule has 10 nitrogen and oxygen atoms in total. The Morgan fingerprint density at radius 2 is 2.31 bits per heavy atom. The van der Waals surface area contributed by atoms with Crippen molar-refractivity contribution < 1.29 is 14.1 Å². The van der Waals surface area contributed by atoms with Gasteiger partial charge in [-0.3, -0.25) is 0 Å². The van der Waals surface area contributed by atoms with Crippen LogP contribution in [0.15, 0.2) is 12.7 Å². The first-order chi connectivity index (χ1) is 7.59. The molecule has 0 spiro atoms. The quantitative estimate of drug-likeness (QED) is 0.472. The predicted molar refractivity (Wildman–Crippen MR) is 42.8 cm³/mol. The monoisotopic (exact) mass is 227 g/mol. The maximum atomic E-state index is 13.0. The topological polar surface area (TPSA) is 122 Å². The van der Waals surface area contributed by atoms with E-state index in [1.165, 1.54) is 0 Å². The lowest BCUT2D eigenvalue weighted by Crippen LogP contribution is -2.22. The fraction of sp³-hybridized carbons (Fsp3) is 0. The molecular weight excluding hydrogens is 225 g/mol. The molecule has 0 aliphatic heterocycles. The maximum Gasteiger partial charge on any atom is 0.494 e. The van der Waals surface area contributed by atoms with Gasteiger partial charge in [-0.15, -0.1) is 4.39 Å². The molecule has 0 fully saturated rings. The van der Waals surface area contributed by atoms with Crippen LogP contribution in [0, 0.1) is 16.2 Å². The molecule has 0 saturated heterocycles. The van der Waals surface area contributed by atoms with E-state index in [0.29, 0.717) is 4.68 Å². The van der Waals surface area contributed by atoms with Crippen LogP contribution in [0.2, 0.25) is 0 Å². The molecule has 0 aromatic carbocycles. The van der Waals surface area contributed by atoms with Crippen LogP contribution in [0.3, 0.4) is 0 Å². The summed E-state index contributed by atoms with van der Waals surface area (Å²) in [6.07, 6.45) is 0.642. The highest BCUT2D eigenvalue weighted by atomic mass is 19.1. The van der Waals surface area contributed by atoms with Crippen LogP contribution >= 0.6 is 0 Å². The van der Waals surface area contributed by atoms with Crippen LogP contribution in [0.1, 0.15) is 0 Å². The molecule has 0 aliphatic rings. The third-order valence-corrected chi connectivity index (χ3v) is 1.52. The summed E-state index contributed by atoms with van der Waals surface area (Å²) in [7, 11) is 0. The fourth-order valence-corrected chi connectivity index (χ4v) is 0.886. The van der Waals surface area contributed by atoms with Crippen molar-refractivity contribution in [2.24, 2.45) is 0 Å². The zero-order valence-corrected chi connectivity index (χ0v) is 7.39. The summed E-state index contributed by atoms with van der Waals surface area (Å²) in [6.45, 7) is 0. The first-order valence-corrected chi connectivity index (χ1v) is 3.76. The Balaban J connectivity index is 2.41. The summed E-state index contributed by atoms with van der Waals surface area (Å²) in [5.41, 5.74) is 0. The average molecular weight is 227 g/mol.